The van der Waals surface area contributed by atoms with Gasteiger partial charge in [0.1, 0.15) is 54.5 Å². The highest BCUT2D eigenvalue weighted by atomic mass is 16.7. The first-order chi connectivity index (χ1) is 15.6. The third-order valence-electron chi connectivity index (χ3n) is 5.31. The molecule has 10 N–H and O–H groups in total. The molecule has 186 valence electrons. The van der Waals surface area contributed by atoms with E-state index in [9.17, 15) is 50.1 Å². The Morgan fingerprint density at radius 3 is 2.21 bits per heavy atom. The monoisotopic (exact) mass is 479 g/mol. The van der Waals surface area contributed by atoms with Crippen LogP contribution in [0.4, 0.5) is 0 Å². The normalized spacial score (nSPS) is 39.2. The summed E-state index contributed by atoms with van der Waals surface area (Å²) in [7, 11) is 0. The third kappa shape index (κ3) is 5.30. The lowest BCUT2D eigenvalue weighted by Gasteiger charge is -2.46. The van der Waals surface area contributed by atoms with Crippen LogP contribution in [-0.4, -0.2) is 126 Å². The van der Waals surface area contributed by atoms with Crippen LogP contribution in [0.15, 0.2) is 15.7 Å². The molecule has 2 fully saturated rings. The van der Waals surface area contributed by atoms with E-state index in [1.807, 2.05) is 4.98 Å². The summed E-state index contributed by atoms with van der Waals surface area (Å²) in [6.07, 6.45) is -15.0. The summed E-state index contributed by atoms with van der Waals surface area (Å²) in [5, 5.41) is 71.9. The zero-order valence-electron chi connectivity index (χ0n) is 16.8. The molecule has 2 aliphatic heterocycles. The highest BCUT2D eigenvalue weighted by molar-refractivity contribution is 5.92. The number of carbonyl (C=O) groups excluding carboxylic acids is 1. The summed E-state index contributed by atoms with van der Waals surface area (Å²) in [6.45, 7) is -1.54. The van der Waals surface area contributed by atoms with E-state index in [1.165, 1.54) is 0 Å². The number of amides is 1. The van der Waals surface area contributed by atoms with Crippen molar-refractivity contribution in [2.75, 3.05) is 13.2 Å². The van der Waals surface area contributed by atoms with E-state index in [1.54, 1.807) is 0 Å². The lowest BCUT2D eigenvalue weighted by atomic mass is 9.95. The topological polar surface area (TPSA) is 264 Å². The first-order valence-corrected chi connectivity index (χ1v) is 9.80. The Morgan fingerprint density at radius 1 is 0.939 bits per heavy atom. The standard InChI is InChI=1S/C17H25N3O13/c21-2-5-9(24)11(26)12(27)16(32-5)33-13-6(3-22)31-15(29)8(10(13)25)20-14(28)4-1-7(23)19-17(30)18-4/h1,5-6,8-13,15-16,21-22,24-27,29H,2-3H2,(H,20,28)(H2,18,19,23,30)/t5?,6?,8?,9-,10?,11?,12?,13+,15+,16-/m0/s1. The summed E-state index contributed by atoms with van der Waals surface area (Å²) in [5.41, 5.74) is -2.34. The van der Waals surface area contributed by atoms with Gasteiger partial charge in [-0.25, -0.2) is 4.79 Å². The third-order valence-corrected chi connectivity index (χ3v) is 5.31. The van der Waals surface area contributed by atoms with Crippen molar-refractivity contribution in [3.05, 3.63) is 32.6 Å². The highest BCUT2D eigenvalue weighted by Crippen LogP contribution is 2.28. The fraction of sp³-hybridized carbons (Fsp3) is 0.706. The van der Waals surface area contributed by atoms with E-state index in [4.69, 9.17) is 14.2 Å². The molecule has 0 spiro atoms. The van der Waals surface area contributed by atoms with Gasteiger partial charge in [0.05, 0.1) is 13.2 Å². The first-order valence-electron chi connectivity index (χ1n) is 9.80. The molecule has 16 nitrogen and oxygen atoms in total. The second-order valence-electron chi connectivity index (χ2n) is 7.54. The molecule has 33 heavy (non-hydrogen) atoms. The molecule has 0 radical (unpaired) electrons. The Balaban J connectivity index is 1.79. The van der Waals surface area contributed by atoms with Gasteiger partial charge in [-0.2, -0.15) is 0 Å². The molecular formula is C17H25N3O13. The maximum absolute atomic E-state index is 12.4. The minimum absolute atomic E-state index is 0.487. The average Bonchev–Trinajstić information content (AvgIpc) is 2.77. The van der Waals surface area contributed by atoms with Crippen LogP contribution in [-0.2, 0) is 14.2 Å². The van der Waals surface area contributed by atoms with Crippen LogP contribution in [0.2, 0.25) is 0 Å². The predicted molar refractivity (Wildman–Crippen MR) is 102 cm³/mol. The van der Waals surface area contributed by atoms with Gasteiger partial charge in [-0.15, -0.1) is 0 Å². The van der Waals surface area contributed by atoms with Crippen molar-refractivity contribution in [2.24, 2.45) is 0 Å². The molecule has 3 heterocycles. The van der Waals surface area contributed by atoms with Crippen LogP contribution >= 0.6 is 0 Å². The van der Waals surface area contributed by atoms with Crippen molar-refractivity contribution in [2.45, 2.75) is 61.3 Å². The number of carbonyl (C=O) groups is 1. The van der Waals surface area contributed by atoms with Crippen molar-refractivity contribution in [3.8, 4) is 0 Å². The molecule has 16 heteroatoms. The second kappa shape index (κ2) is 10.3. The second-order valence-corrected chi connectivity index (χ2v) is 7.54. The Hall–Kier alpha value is -2.25. The number of ether oxygens (including phenoxy) is 3. The Labute approximate surface area is 184 Å². The number of aromatic nitrogens is 2. The first kappa shape index (κ1) is 25.4. The van der Waals surface area contributed by atoms with E-state index in [-0.39, 0.29) is 0 Å². The van der Waals surface area contributed by atoms with Crippen LogP contribution in [0.5, 0.6) is 0 Å². The molecule has 1 aromatic heterocycles. The van der Waals surface area contributed by atoms with Gasteiger partial charge in [-0.3, -0.25) is 14.6 Å². The van der Waals surface area contributed by atoms with Crippen LogP contribution in [0.1, 0.15) is 10.5 Å². The Kier molecular flexibility index (Phi) is 7.96. The predicted octanol–water partition coefficient (Wildman–Crippen LogP) is -6.58. The smallest absolute Gasteiger partial charge is 0.326 e. The summed E-state index contributed by atoms with van der Waals surface area (Å²) in [4.78, 5) is 39.1. The molecule has 0 aliphatic carbocycles. The maximum atomic E-state index is 12.4. The summed E-state index contributed by atoms with van der Waals surface area (Å²) in [5.74, 6) is -1.07. The Bertz CT molecular complexity index is 907. The molecule has 10 atom stereocenters. The van der Waals surface area contributed by atoms with Crippen LogP contribution in [0, 0.1) is 0 Å². The lowest BCUT2D eigenvalue weighted by molar-refractivity contribution is -0.345. The van der Waals surface area contributed by atoms with E-state index in [0.29, 0.717) is 0 Å². The zero-order valence-corrected chi connectivity index (χ0v) is 16.8. The zero-order chi connectivity index (χ0) is 24.4. The quantitative estimate of drug-likeness (QED) is 0.182. The van der Waals surface area contributed by atoms with Gasteiger partial charge in [0.25, 0.3) is 11.5 Å². The fourth-order valence-corrected chi connectivity index (χ4v) is 3.56. The van der Waals surface area contributed by atoms with Gasteiger partial charge >= 0.3 is 5.69 Å². The molecule has 6 unspecified atom stereocenters. The summed E-state index contributed by atoms with van der Waals surface area (Å²) in [6, 6.07) is -0.851. The molecule has 1 amide bonds. The highest BCUT2D eigenvalue weighted by Gasteiger charge is 2.50. The van der Waals surface area contributed by atoms with Crippen LogP contribution in [0.25, 0.3) is 0 Å². The SMILES string of the molecule is O=C(NC1C(O)[C@H](O[C@@H]2OC(CO)[C@H](O)C(O)C2O)C(CO)O[C@H]1O)c1cc(=O)[nH]c(=O)[nH]1. The number of nitrogens with one attached hydrogen (secondary N) is 3. The molecule has 2 saturated heterocycles. The Morgan fingerprint density at radius 2 is 1.61 bits per heavy atom. The molecule has 0 saturated carbocycles. The van der Waals surface area contributed by atoms with E-state index < -0.39 is 97.4 Å². The van der Waals surface area contributed by atoms with Gasteiger partial charge in [-0.05, 0) is 0 Å². The number of hydrogen-bond donors (Lipinski definition) is 10. The van der Waals surface area contributed by atoms with Crippen molar-refractivity contribution < 1.29 is 54.8 Å². The number of H-pyrrole nitrogens is 2. The molecule has 2 aliphatic rings. The fourth-order valence-electron chi connectivity index (χ4n) is 3.56. The van der Waals surface area contributed by atoms with Crippen molar-refractivity contribution in [1.82, 2.24) is 15.3 Å². The van der Waals surface area contributed by atoms with Gasteiger partial charge < -0.3 is 60.3 Å². The van der Waals surface area contributed by atoms with Crippen LogP contribution < -0.4 is 16.6 Å². The van der Waals surface area contributed by atoms with Crippen molar-refractivity contribution >= 4 is 5.91 Å². The molecule has 3 rings (SSSR count). The van der Waals surface area contributed by atoms with Gasteiger partial charge in [-0.1, -0.05) is 0 Å². The summed E-state index contributed by atoms with van der Waals surface area (Å²) >= 11 is 0. The average molecular weight is 479 g/mol. The van der Waals surface area contributed by atoms with E-state index >= 15 is 0 Å². The molecule has 0 aromatic carbocycles. The summed E-state index contributed by atoms with van der Waals surface area (Å²) < 4.78 is 15.8. The largest absolute Gasteiger partial charge is 0.394 e. The number of aliphatic hydroxyl groups is 7. The molecular weight excluding hydrogens is 454 g/mol. The minimum atomic E-state index is -1.87. The van der Waals surface area contributed by atoms with Gasteiger partial charge in [0.2, 0.25) is 0 Å². The maximum Gasteiger partial charge on any atom is 0.326 e. The number of aromatic amines is 2. The lowest BCUT2D eigenvalue weighted by Crippen LogP contribution is -2.67. The van der Waals surface area contributed by atoms with E-state index in [0.717, 1.165) is 6.07 Å². The van der Waals surface area contributed by atoms with Crippen molar-refractivity contribution in [1.29, 1.82) is 0 Å². The number of hydrogen-bond acceptors (Lipinski definition) is 13. The van der Waals surface area contributed by atoms with Gasteiger partial charge in [0.15, 0.2) is 12.6 Å². The molecule has 0 bridgehead atoms. The van der Waals surface area contributed by atoms with Gasteiger partial charge in [0, 0.05) is 6.07 Å². The minimum Gasteiger partial charge on any atom is -0.394 e. The number of rotatable bonds is 6. The van der Waals surface area contributed by atoms with Crippen molar-refractivity contribution in [3.63, 3.8) is 0 Å². The van der Waals surface area contributed by atoms with Crippen LogP contribution in [0.3, 0.4) is 0 Å². The molecule has 1 aromatic rings. The van der Waals surface area contributed by atoms with E-state index in [2.05, 4.69) is 10.3 Å². The number of aliphatic hydroxyl groups excluding tert-OH is 7.